The summed E-state index contributed by atoms with van der Waals surface area (Å²) in [5.41, 5.74) is 1.33. The SMILES string of the molecule is CCCCCCCCCCCCCCCCCCCCOc1ccc(C=NC[C@@H](N=Cc2ccc(OCCCCCCCCCCCCCCCCCCCC)cc2O)C(C)C)c(O)c1. The molecule has 0 saturated heterocycles. The van der Waals surface area contributed by atoms with Crippen molar-refractivity contribution in [3.63, 3.8) is 0 Å². The van der Waals surface area contributed by atoms with Gasteiger partial charge >= 0.3 is 0 Å². The summed E-state index contributed by atoms with van der Waals surface area (Å²) in [5, 5.41) is 21.4. The summed E-state index contributed by atoms with van der Waals surface area (Å²) in [6.45, 7) is 10.6. The summed E-state index contributed by atoms with van der Waals surface area (Å²) < 4.78 is 11.9. The summed E-state index contributed by atoms with van der Waals surface area (Å²) in [6.07, 6.45) is 52.6. The van der Waals surface area contributed by atoms with Crippen LogP contribution in [0.25, 0.3) is 0 Å². The maximum atomic E-state index is 10.7. The highest BCUT2D eigenvalue weighted by atomic mass is 16.5. The van der Waals surface area contributed by atoms with Gasteiger partial charge in [-0.2, -0.15) is 0 Å². The third kappa shape index (κ3) is 33.2. The molecule has 0 aliphatic carbocycles. The first-order valence-electron chi connectivity index (χ1n) is 27.9. The maximum Gasteiger partial charge on any atom is 0.128 e. The molecule has 0 saturated carbocycles. The Balaban J connectivity index is 1.51. The average Bonchev–Trinajstić information content (AvgIpc) is 3.30. The normalized spacial score (nSPS) is 12.3. The van der Waals surface area contributed by atoms with Gasteiger partial charge < -0.3 is 19.7 Å². The molecule has 2 aromatic rings. The van der Waals surface area contributed by atoms with Crippen LogP contribution in [0.4, 0.5) is 0 Å². The van der Waals surface area contributed by atoms with Crippen molar-refractivity contribution < 1.29 is 19.7 Å². The van der Waals surface area contributed by atoms with Gasteiger partial charge in [0, 0.05) is 35.7 Å². The lowest BCUT2D eigenvalue weighted by molar-refractivity contribution is 0.302. The molecule has 0 aromatic heterocycles. The molecule has 0 heterocycles. The minimum Gasteiger partial charge on any atom is -0.507 e. The van der Waals surface area contributed by atoms with Gasteiger partial charge in [-0.15, -0.1) is 0 Å². The van der Waals surface area contributed by atoms with E-state index in [-0.39, 0.29) is 23.5 Å². The van der Waals surface area contributed by atoms with Crippen LogP contribution in [-0.2, 0) is 0 Å². The summed E-state index contributed by atoms with van der Waals surface area (Å²) in [4.78, 5) is 9.42. The van der Waals surface area contributed by atoms with Crippen molar-refractivity contribution in [3.8, 4) is 23.0 Å². The van der Waals surface area contributed by atoms with E-state index in [1.165, 1.54) is 218 Å². The minimum atomic E-state index is -0.0646. The molecule has 6 nitrogen and oxygen atoms in total. The van der Waals surface area contributed by atoms with E-state index < -0.39 is 0 Å². The Bertz CT molecular complexity index is 1420. The Labute approximate surface area is 401 Å². The largest absolute Gasteiger partial charge is 0.507 e. The molecule has 2 N–H and O–H groups in total. The van der Waals surface area contributed by atoms with Gasteiger partial charge in [-0.3, -0.25) is 9.98 Å². The van der Waals surface area contributed by atoms with Crippen LogP contribution in [0, 0.1) is 5.92 Å². The number of ether oxygens (including phenoxy) is 2. The smallest absolute Gasteiger partial charge is 0.128 e. The Morgan fingerprint density at radius 1 is 0.415 bits per heavy atom. The fourth-order valence-corrected chi connectivity index (χ4v) is 8.70. The standard InChI is InChI=1S/C59H102N2O4/c1-5-7-9-11-13-15-17-19-21-23-25-27-29-31-33-35-37-39-45-64-55-43-41-53(58(62)47-55)49-60-51-57(52(3)4)61-50-54-42-44-56(48-59(54)63)65-46-40-38-36-34-32-30-28-26-24-22-20-18-16-14-12-10-8-6-2/h41-44,47-50,52,57,62-63H,5-40,45-46,51H2,1-4H3/t57-/m1/s1. The van der Waals surface area contributed by atoms with Crippen LogP contribution in [0.5, 0.6) is 23.0 Å². The van der Waals surface area contributed by atoms with Crippen LogP contribution in [0.15, 0.2) is 46.4 Å². The number of unbranched alkanes of at least 4 members (excludes halogenated alkanes) is 34. The maximum absolute atomic E-state index is 10.7. The molecule has 0 amide bonds. The number of aliphatic imine (C=N–C) groups is 2. The average molecular weight is 903 g/mol. The third-order valence-corrected chi connectivity index (χ3v) is 13.2. The summed E-state index contributed by atoms with van der Waals surface area (Å²) in [5.74, 6) is 1.98. The lowest BCUT2D eigenvalue weighted by Crippen LogP contribution is -2.17. The molecule has 6 heteroatoms. The molecule has 0 aliphatic heterocycles. The highest BCUT2D eigenvalue weighted by Gasteiger charge is 2.12. The Hall–Kier alpha value is -3.02. The van der Waals surface area contributed by atoms with Crippen molar-refractivity contribution in [2.45, 2.75) is 265 Å². The molecule has 2 rings (SSSR count). The molecule has 0 aliphatic rings. The van der Waals surface area contributed by atoms with Crippen LogP contribution in [-0.4, -0.2) is 48.4 Å². The molecule has 2 aromatic carbocycles. The first kappa shape index (κ1) is 58.1. The Morgan fingerprint density at radius 2 is 0.708 bits per heavy atom. The van der Waals surface area contributed by atoms with Gasteiger partial charge in [0.25, 0.3) is 0 Å². The van der Waals surface area contributed by atoms with E-state index >= 15 is 0 Å². The molecule has 0 fully saturated rings. The molecule has 372 valence electrons. The topological polar surface area (TPSA) is 83.6 Å². The van der Waals surface area contributed by atoms with Crippen molar-refractivity contribution in [3.05, 3.63) is 47.5 Å². The van der Waals surface area contributed by atoms with E-state index in [1.807, 2.05) is 24.3 Å². The van der Waals surface area contributed by atoms with Gasteiger partial charge in [0.1, 0.15) is 23.0 Å². The number of phenolic OH excluding ortho intramolecular Hbond substituents is 2. The number of aromatic hydroxyl groups is 2. The van der Waals surface area contributed by atoms with Crippen LogP contribution >= 0.6 is 0 Å². The monoisotopic (exact) mass is 903 g/mol. The lowest BCUT2D eigenvalue weighted by atomic mass is 10.0. The van der Waals surface area contributed by atoms with Crippen LogP contribution in [0.2, 0.25) is 0 Å². The van der Waals surface area contributed by atoms with Crippen molar-refractivity contribution in [1.29, 1.82) is 0 Å². The Morgan fingerprint density at radius 3 is 1.00 bits per heavy atom. The summed E-state index contributed by atoms with van der Waals surface area (Å²) >= 11 is 0. The van der Waals surface area contributed by atoms with Crippen molar-refractivity contribution in [1.82, 2.24) is 0 Å². The van der Waals surface area contributed by atoms with E-state index in [4.69, 9.17) is 14.5 Å². The molecule has 1 atom stereocenters. The van der Waals surface area contributed by atoms with E-state index in [9.17, 15) is 10.2 Å². The predicted octanol–water partition coefficient (Wildman–Crippen LogP) is 18.5. The fraction of sp³-hybridized carbons (Fsp3) is 0.763. The molecule has 0 spiro atoms. The number of hydrogen-bond donors (Lipinski definition) is 2. The second-order valence-electron chi connectivity index (χ2n) is 19.7. The Kier molecular flexibility index (Phi) is 37.9. The summed E-state index contributed by atoms with van der Waals surface area (Å²) in [6, 6.07) is 10.9. The zero-order chi connectivity index (χ0) is 46.7. The summed E-state index contributed by atoms with van der Waals surface area (Å²) in [7, 11) is 0. The first-order chi connectivity index (χ1) is 31.9. The van der Waals surface area contributed by atoms with Crippen LogP contribution in [0.1, 0.15) is 270 Å². The highest BCUT2D eigenvalue weighted by Crippen LogP contribution is 2.25. The third-order valence-electron chi connectivity index (χ3n) is 13.2. The number of benzene rings is 2. The molecule has 0 unspecified atom stereocenters. The van der Waals surface area contributed by atoms with E-state index in [1.54, 1.807) is 24.6 Å². The zero-order valence-electron chi connectivity index (χ0n) is 43.0. The molecular weight excluding hydrogens is 801 g/mol. The predicted molar refractivity (Wildman–Crippen MR) is 283 cm³/mol. The highest BCUT2D eigenvalue weighted by molar-refractivity contribution is 5.84. The number of hydrogen-bond acceptors (Lipinski definition) is 6. The van der Waals surface area contributed by atoms with Gasteiger partial charge in [0.15, 0.2) is 0 Å². The fourth-order valence-electron chi connectivity index (χ4n) is 8.70. The zero-order valence-corrected chi connectivity index (χ0v) is 43.0. The number of nitrogens with zero attached hydrogens (tertiary/aromatic N) is 2. The van der Waals surface area contributed by atoms with Gasteiger partial charge in [-0.05, 0) is 43.0 Å². The van der Waals surface area contributed by atoms with E-state index in [2.05, 4.69) is 32.7 Å². The lowest BCUT2D eigenvalue weighted by Gasteiger charge is -2.14. The van der Waals surface area contributed by atoms with Crippen molar-refractivity contribution in [2.75, 3.05) is 19.8 Å². The molecule has 0 bridgehead atoms. The first-order valence-corrected chi connectivity index (χ1v) is 27.9. The quantitative estimate of drug-likeness (QED) is 0.0512. The molecule has 65 heavy (non-hydrogen) atoms. The van der Waals surface area contributed by atoms with Gasteiger partial charge in [0.2, 0.25) is 0 Å². The van der Waals surface area contributed by atoms with Crippen molar-refractivity contribution >= 4 is 12.4 Å². The van der Waals surface area contributed by atoms with E-state index in [0.29, 0.717) is 42.4 Å². The minimum absolute atomic E-state index is 0.0646. The van der Waals surface area contributed by atoms with Crippen LogP contribution < -0.4 is 9.47 Å². The van der Waals surface area contributed by atoms with Gasteiger partial charge in [0.05, 0.1) is 25.8 Å². The van der Waals surface area contributed by atoms with Crippen molar-refractivity contribution in [2.24, 2.45) is 15.9 Å². The van der Waals surface area contributed by atoms with Crippen LogP contribution in [0.3, 0.4) is 0 Å². The second kappa shape index (κ2) is 42.3. The number of rotatable bonds is 46. The van der Waals surface area contributed by atoms with Gasteiger partial charge in [-0.25, -0.2) is 0 Å². The van der Waals surface area contributed by atoms with E-state index in [0.717, 1.165) is 12.8 Å². The second-order valence-corrected chi connectivity index (χ2v) is 19.7. The molecule has 0 radical (unpaired) electrons. The van der Waals surface area contributed by atoms with Gasteiger partial charge in [-0.1, -0.05) is 246 Å². The number of phenols is 2. The molecular formula is C59H102N2O4.